The summed E-state index contributed by atoms with van der Waals surface area (Å²) in [5.74, 6) is -0.517. The van der Waals surface area contributed by atoms with Crippen LogP contribution in [0.1, 0.15) is 56.8 Å². The first-order valence-electron chi connectivity index (χ1n) is 9.10. The molecule has 7 heteroatoms. The van der Waals surface area contributed by atoms with E-state index >= 15 is 0 Å². The van der Waals surface area contributed by atoms with Gasteiger partial charge in [-0.15, -0.1) is 0 Å². The smallest absolute Gasteiger partial charge is 0.410 e. The van der Waals surface area contributed by atoms with Gasteiger partial charge in [0.25, 0.3) is 0 Å². The van der Waals surface area contributed by atoms with Crippen molar-refractivity contribution in [1.29, 1.82) is 0 Å². The predicted octanol–water partition coefficient (Wildman–Crippen LogP) is 4.25. The highest BCUT2D eigenvalue weighted by atomic mass is 35.5. The molecule has 0 aromatic heterocycles. The molecule has 148 valence electrons. The first kappa shape index (κ1) is 21.2. The molecule has 0 saturated carbocycles. The zero-order valence-corrected chi connectivity index (χ0v) is 16.8. The second-order valence-corrected chi connectivity index (χ2v) is 8.02. The number of ketones is 1. The number of hydrogen-bond acceptors (Lipinski definition) is 5. The van der Waals surface area contributed by atoms with Crippen molar-refractivity contribution in [2.24, 2.45) is 0 Å². The van der Waals surface area contributed by atoms with Crippen LogP contribution < -0.4 is 0 Å². The summed E-state index contributed by atoms with van der Waals surface area (Å²) in [5.41, 5.74) is -0.00493. The van der Waals surface area contributed by atoms with Crippen LogP contribution in [0.2, 0.25) is 5.02 Å². The molecule has 0 spiro atoms. The van der Waals surface area contributed by atoms with Crippen LogP contribution in [0.3, 0.4) is 0 Å². The van der Waals surface area contributed by atoms with Crippen LogP contribution in [-0.4, -0.2) is 47.5 Å². The Bertz CT molecular complexity index is 673. The Kier molecular flexibility index (Phi) is 7.25. The molecule has 27 heavy (non-hydrogen) atoms. The highest BCUT2D eigenvalue weighted by Crippen LogP contribution is 2.18. The summed E-state index contributed by atoms with van der Waals surface area (Å²) in [4.78, 5) is 37.7. The SMILES string of the molecule is CC(C)(C)OC(=O)N1CCC(OC(=O)CCC(=O)c2ccc(Cl)cc2)CC1. The lowest BCUT2D eigenvalue weighted by atomic mass is 10.1. The number of Topliss-reactive ketones (excluding diaryl/α,β-unsaturated/α-hetero) is 1. The van der Waals surface area contributed by atoms with Gasteiger partial charge >= 0.3 is 12.1 Å². The molecule has 0 radical (unpaired) electrons. The largest absolute Gasteiger partial charge is 0.462 e. The number of carbonyl (C=O) groups excluding carboxylic acids is 3. The molecule has 1 aromatic carbocycles. The van der Waals surface area contributed by atoms with Crippen molar-refractivity contribution >= 4 is 29.4 Å². The van der Waals surface area contributed by atoms with Gasteiger partial charge in [0.2, 0.25) is 0 Å². The molecular weight excluding hydrogens is 370 g/mol. The molecular formula is C20H26ClNO5. The fourth-order valence-electron chi connectivity index (χ4n) is 2.72. The standard InChI is InChI=1S/C20H26ClNO5/c1-20(2,3)27-19(25)22-12-10-16(11-13-22)26-18(24)9-8-17(23)14-4-6-15(21)7-5-14/h4-7,16H,8-13H2,1-3H3. The molecule has 1 amide bonds. The number of piperidine rings is 1. The van der Waals surface area contributed by atoms with Gasteiger partial charge in [-0.3, -0.25) is 9.59 Å². The molecule has 1 aliphatic rings. The van der Waals surface area contributed by atoms with E-state index in [-0.39, 0.29) is 30.8 Å². The van der Waals surface area contributed by atoms with Crippen LogP contribution in [0, 0.1) is 0 Å². The van der Waals surface area contributed by atoms with Crippen molar-refractivity contribution in [3.8, 4) is 0 Å². The van der Waals surface area contributed by atoms with Gasteiger partial charge in [-0.1, -0.05) is 11.6 Å². The van der Waals surface area contributed by atoms with E-state index in [9.17, 15) is 14.4 Å². The molecule has 1 heterocycles. The minimum Gasteiger partial charge on any atom is -0.462 e. The van der Waals surface area contributed by atoms with E-state index in [0.717, 1.165) is 0 Å². The summed E-state index contributed by atoms with van der Waals surface area (Å²) in [6.45, 7) is 6.44. The van der Waals surface area contributed by atoms with E-state index < -0.39 is 11.6 Å². The Labute approximate surface area is 164 Å². The number of likely N-dealkylation sites (tertiary alicyclic amines) is 1. The molecule has 0 bridgehead atoms. The molecule has 2 rings (SSSR count). The molecule has 1 saturated heterocycles. The number of esters is 1. The maximum atomic E-state index is 12.1. The highest BCUT2D eigenvalue weighted by molar-refractivity contribution is 6.30. The lowest BCUT2D eigenvalue weighted by Crippen LogP contribution is -2.43. The van der Waals surface area contributed by atoms with Crippen molar-refractivity contribution in [2.75, 3.05) is 13.1 Å². The van der Waals surface area contributed by atoms with Crippen LogP contribution in [-0.2, 0) is 14.3 Å². The third kappa shape index (κ3) is 7.21. The number of amides is 1. The van der Waals surface area contributed by atoms with Crippen molar-refractivity contribution in [3.63, 3.8) is 0 Å². The van der Waals surface area contributed by atoms with Crippen molar-refractivity contribution in [1.82, 2.24) is 4.90 Å². The Morgan fingerprint density at radius 3 is 2.22 bits per heavy atom. The number of halogens is 1. The van der Waals surface area contributed by atoms with Crippen LogP contribution in [0.15, 0.2) is 24.3 Å². The Morgan fingerprint density at radius 2 is 1.67 bits per heavy atom. The summed E-state index contributed by atoms with van der Waals surface area (Å²) in [6, 6.07) is 6.57. The van der Waals surface area contributed by atoms with Gasteiger partial charge in [0.15, 0.2) is 5.78 Å². The maximum Gasteiger partial charge on any atom is 0.410 e. The quantitative estimate of drug-likeness (QED) is 0.550. The molecule has 0 aliphatic carbocycles. The maximum absolute atomic E-state index is 12.1. The van der Waals surface area contributed by atoms with Crippen molar-refractivity contribution < 1.29 is 23.9 Å². The van der Waals surface area contributed by atoms with E-state index in [4.69, 9.17) is 21.1 Å². The van der Waals surface area contributed by atoms with Crippen molar-refractivity contribution in [3.05, 3.63) is 34.9 Å². The summed E-state index contributed by atoms with van der Waals surface area (Å²) < 4.78 is 10.8. The fraction of sp³-hybridized carbons (Fsp3) is 0.550. The highest BCUT2D eigenvalue weighted by Gasteiger charge is 2.28. The summed E-state index contributed by atoms with van der Waals surface area (Å²) in [7, 11) is 0. The second-order valence-electron chi connectivity index (χ2n) is 7.59. The average Bonchev–Trinajstić information content (AvgIpc) is 2.59. The molecule has 1 aliphatic heterocycles. The average molecular weight is 396 g/mol. The van der Waals surface area contributed by atoms with Crippen LogP contribution in [0.5, 0.6) is 0 Å². The van der Waals surface area contributed by atoms with E-state index in [1.165, 1.54) is 0 Å². The first-order chi connectivity index (χ1) is 12.6. The third-order valence-corrected chi connectivity index (χ3v) is 4.37. The number of nitrogens with zero attached hydrogens (tertiary/aromatic N) is 1. The number of hydrogen-bond donors (Lipinski definition) is 0. The summed E-state index contributed by atoms with van der Waals surface area (Å²) in [6.07, 6.45) is 0.680. The van der Waals surface area contributed by atoms with Crippen molar-refractivity contribution in [2.45, 2.75) is 58.2 Å². The molecule has 0 N–H and O–H groups in total. The lowest BCUT2D eigenvalue weighted by molar-refractivity contribution is -0.151. The van der Waals surface area contributed by atoms with Gasteiger partial charge in [0.1, 0.15) is 11.7 Å². The van der Waals surface area contributed by atoms with Gasteiger partial charge < -0.3 is 14.4 Å². The number of ether oxygens (including phenoxy) is 2. The summed E-state index contributed by atoms with van der Waals surface area (Å²) in [5, 5.41) is 0.559. The minimum absolute atomic E-state index is 0.0355. The van der Waals surface area contributed by atoms with Gasteiger partial charge in [0, 0.05) is 42.9 Å². The number of benzene rings is 1. The molecule has 6 nitrogen and oxygen atoms in total. The minimum atomic E-state index is -0.531. The number of rotatable bonds is 5. The molecule has 0 unspecified atom stereocenters. The van der Waals surface area contributed by atoms with Crippen LogP contribution in [0.25, 0.3) is 0 Å². The Hall–Kier alpha value is -2.08. The predicted molar refractivity (Wildman–Crippen MR) is 102 cm³/mol. The summed E-state index contributed by atoms with van der Waals surface area (Å²) >= 11 is 5.80. The van der Waals surface area contributed by atoms with Gasteiger partial charge in [-0.05, 0) is 45.0 Å². The topological polar surface area (TPSA) is 72.9 Å². The van der Waals surface area contributed by atoms with Gasteiger partial charge in [0.05, 0.1) is 6.42 Å². The zero-order valence-electron chi connectivity index (χ0n) is 16.0. The van der Waals surface area contributed by atoms with E-state index in [1.807, 2.05) is 20.8 Å². The van der Waals surface area contributed by atoms with Gasteiger partial charge in [-0.25, -0.2) is 4.79 Å². The number of carbonyl (C=O) groups is 3. The Balaban J connectivity index is 1.70. The van der Waals surface area contributed by atoms with E-state index in [2.05, 4.69) is 0 Å². The monoisotopic (exact) mass is 395 g/mol. The molecule has 1 fully saturated rings. The zero-order chi connectivity index (χ0) is 20.0. The van der Waals surface area contributed by atoms with Crippen LogP contribution >= 0.6 is 11.6 Å². The van der Waals surface area contributed by atoms with E-state index in [1.54, 1.807) is 29.2 Å². The fourth-order valence-corrected chi connectivity index (χ4v) is 2.85. The Morgan fingerprint density at radius 1 is 1.07 bits per heavy atom. The first-order valence-corrected chi connectivity index (χ1v) is 9.48. The van der Waals surface area contributed by atoms with Gasteiger partial charge in [-0.2, -0.15) is 0 Å². The van der Waals surface area contributed by atoms with Crippen LogP contribution in [0.4, 0.5) is 4.79 Å². The third-order valence-electron chi connectivity index (χ3n) is 4.11. The normalized spacial score (nSPS) is 15.3. The molecule has 0 atom stereocenters. The molecule has 1 aromatic rings. The second kappa shape index (κ2) is 9.22. The lowest BCUT2D eigenvalue weighted by Gasteiger charge is -2.33. The van der Waals surface area contributed by atoms with E-state index in [0.29, 0.717) is 36.5 Å².